The number of benzene rings is 2. The van der Waals surface area contributed by atoms with Crippen LogP contribution < -0.4 is 0 Å². The molecule has 4 heteroatoms. The van der Waals surface area contributed by atoms with Crippen molar-refractivity contribution >= 4 is 18.4 Å². The van der Waals surface area contributed by atoms with Crippen molar-refractivity contribution in [3.8, 4) is 0 Å². The predicted molar refractivity (Wildman–Crippen MR) is 93.9 cm³/mol. The second kappa shape index (κ2) is 7.16. The van der Waals surface area contributed by atoms with Crippen molar-refractivity contribution in [1.82, 2.24) is 4.90 Å². The molecule has 3 nitrogen and oxygen atoms in total. The highest BCUT2D eigenvalue weighted by atomic mass is 35.5. The molecule has 0 aliphatic carbocycles. The Kier molecular flexibility index (Phi) is 5.45. The normalized spacial score (nSPS) is 24.1. The lowest BCUT2D eigenvalue weighted by atomic mass is 9.74. The van der Waals surface area contributed by atoms with E-state index in [1.54, 1.807) is 0 Å². The van der Waals surface area contributed by atoms with Gasteiger partial charge in [-0.05, 0) is 11.1 Å². The van der Waals surface area contributed by atoms with E-state index in [0.29, 0.717) is 6.54 Å². The summed E-state index contributed by atoms with van der Waals surface area (Å²) >= 11 is 0. The average molecular weight is 332 g/mol. The molecule has 0 saturated carbocycles. The summed E-state index contributed by atoms with van der Waals surface area (Å²) in [5.41, 5.74) is 1.99. The van der Waals surface area contributed by atoms with Gasteiger partial charge in [0.15, 0.2) is 0 Å². The molecule has 1 aliphatic heterocycles. The fourth-order valence-electron chi connectivity index (χ4n) is 3.52. The van der Waals surface area contributed by atoms with Gasteiger partial charge in [-0.1, -0.05) is 67.6 Å². The van der Waals surface area contributed by atoms with Crippen LogP contribution in [0, 0.1) is 5.92 Å². The fourth-order valence-corrected chi connectivity index (χ4v) is 3.52. The van der Waals surface area contributed by atoms with Crippen molar-refractivity contribution in [1.29, 1.82) is 0 Å². The SMILES string of the molecule is CC1(c2ccccc2)CN(Cc2ccccc2)CC1C(=O)O.Cl. The van der Waals surface area contributed by atoms with Crippen LogP contribution in [-0.4, -0.2) is 29.1 Å². The summed E-state index contributed by atoms with van der Waals surface area (Å²) in [6, 6.07) is 20.3. The van der Waals surface area contributed by atoms with Gasteiger partial charge in [0.05, 0.1) is 5.92 Å². The second-order valence-corrected chi connectivity index (χ2v) is 6.33. The van der Waals surface area contributed by atoms with Crippen LogP contribution >= 0.6 is 12.4 Å². The molecule has 0 spiro atoms. The molecule has 0 amide bonds. The Morgan fingerprint density at radius 3 is 2.26 bits per heavy atom. The zero-order valence-corrected chi connectivity index (χ0v) is 14.0. The first-order chi connectivity index (χ1) is 10.6. The Morgan fingerprint density at radius 2 is 1.70 bits per heavy atom. The van der Waals surface area contributed by atoms with Gasteiger partial charge in [0, 0.05) is 25.0 Å². The summed E-state index contributed by atoms with van der Waals surface area (Å²) in [5, 5.41) is 9.67. The van der Waals surface area contributed by atoms with Gasteiger partial charge in [-0.2, -0.15) is 0 Å². The van der Waals surface area contributed by atoms with Crippen LogP contribution in [-0.2, 0) is 16.8 Å². The van der Waals surface area contributed by atoms with Crippen molar-refractivity contribution in [2.75, 3.05) is 13.1 Å². The van der Waals surface area contributed by atoms with Crippen LogP contribution in [0.1, 0.15) is 18.1 Å². The predicted octanol–water partition coefficient (Wildman–Crippen LogP) is 3.58. The van der Waals surface area contributed by atoms with E-state index in [2.05, 4.69) is 24.0 Å². The Labute approximate surface area is 143 Å². The van der Waals surface area contributed by atoms with E-state index in [-0.39, 0.29) is 23.7 Å². The monoisotopic (exact) mass is 331 g/mol. The topological polar surface area (TPSA) is 40.5 Å². The van der Waals surface area contributed by atoms with E-state index in [0.717, 1.165) is 18.7 Å². The van der Waals surface area contributed by atoms with Crippen molar-refractivity contribution in [3.05, 3.63) is 71.8 Å². The maximum absolute atomic E-state index is 11.8. The van der Waals surface area contributed by atoms with Gasteiger partial charge in [-0.25, -0.2) is 0 Å². The zero-order valence-electron chi connectivity index (χ0n) is 13.2. The summed E-state index contributed by atoms with van der Waals surface area (Å²) in [7, 11) is 0. The van der Waals surface area contributed by atoms with E-state index < -0.39 is 5.97 Å². The third kappa shape index (κ3) is 3.57. The van der Waals surface area contributed by atoms with Crippen molar-refractivity contribution in [2.24, 2.45) is 5.92 Å². The van der Waals surface area contributed by atoms with Gasteiger partial charge in [-0.15, -0.1) is 12.4 Å². The molecule has 2 atom stereocenters. The number of hydrogen-bond donors (Lipinski definition) is 1. The minimum Gasteiger partial charge on any atom is -0.481 e. The van der Waals surface area contributed by atoms with Gasteiger partial charge < -0.3 is 5.11 Å². The molecule has 1 N–H and O–H groups in total. The molecule has 0 radical (unpaired) electrons. The smallest absolute Gasteiger partial charge is 0.308 e. The maximum atomic E-state index is 11.8. The lowest BCUT2D eigenvalue weighted by Crippen LogP contribution is -2.36. The van der Waals surface area contributed by atoms with E-state index in [4.69, 9.17) is 0 Å². The van der Waals surface area contributed by atoms with Gasteiger partial charge >= 0.3 is 5.97 Å². The molecule has 0 bridgehead atoms. The van der Waals surface area contributed by atoms with Crippen LogP contribution in [0.5, 0.6) is 0 Å². The Balaban J connectivity index is 0.00000192. The third-order valence-corrected chi connectivity index (χ3v) is 4.74. The molecular weight excluding hydrogens is 310 g/mol. The molecule has 122 valence electrons. The summed E-state index contributed by atoms with van der Waals surface area (Å²) in [5.74, 6) is -1.08. The van der Waals surface area contributed by atoms with Crippen LogP contribution in [0.2, 0.25) is 0 Å². The molecule has 23 heavy (non-hydrogen) atoms. The summed E-state index contributed by atoms with van der Waals surface area (Å²) in [6.45, 7) is 4.23. The molecule has 1 heterocycles. The second-order valence-electron chi connectivity index (χ2n) is 6.33. The Morgan fingerprint density at radius 1 is 1.13 bits per heavy atom. The van der Waals surface area contributed by atoms with Gasteiger partial charge in [0.25, 0.3) is 0 Å². The zero-order chi connectivity index (χ0) is 15.6. The van der Waals surface area contributed by atoms with E-state index >= 15 is 0 Å². The molecule has 1 saturated heterocycles. The lowest BCUT2D eigenvalue weighted by molar-refractivity contribution is -0.142. The quantitative estimate of drug-likeness (QED) is 0.931. The van der Waals surface area contributed by atoms with Crippen LogP contribution in [0.15, 0.2) is 60.7 Å². The number of halogens is 1. The molecule has 2 unspecified atom stereocenters. The molecule has 3 rings (SSSR count). The largest absolute Gasteiger partial charge is 0.481 e. The number of carbonyl (C=O) groups is 1. The highest BCUT2D eigenvalue weighted by molar-refractivity contribution is 5.85. The van der Waals surface area contributed by atoms with E-state index in [9.17, 15) is 9.90 Å². The van der Waals surface area contributed by atoms with Crippen molar-refractivity contribution in [3.63, 3.8) is 0 Å². The number of hydrogen-bond acceptors (Lipinski definition) is 2. The van der Waals surface area contributed by atoms with E-state index in [1.165, 1.54) is 5.56 Å². The number of rotatable bonds is 4. The van der Waals surface area contributed by atoms with Crippen molar-refractivity contribution in [2.45, 2.75) is 18.9 Å². The molecule has 1 aliphatic rings. The fraction of sp³-hybridized carbons (Fsp3) is 0.316. The van der Waals surface area contributed by atoms with Crippen molar-refractivity contribution < 1.29 is 9.90 Å². The standard InChI is InChI=1S/C19H21NO2.ClH/c1-19(16-10-6-3-7-11-16)14-20(13-17(19)18(21)22)12-15-8-4-2-5-9-15;/h2-11,17H,12-14H2,1H3,(H,21,22);1H. The first-order valence-electron chi connectivity index (χ1n) is 7.64. The van der Waals surface area contributed by atoms with Gasteiger partial charge in [-0.3, -0.25) is 9.69 Å². The lowest BCUT2D eigenvalue weighted by Gasteiger charge is -2.29. The first kappa shape index (κ1) is 17.5. The molecule has 2 aromatic carbocycles. The molecule has 0 aromatic heterocycles. The van der Waals surface area contributed by atoms with Gasteiger partial charge in [0.2, 0.25) is 0 Å². The highest BCUT2D eigenvalue weighted by Crippen LogP contribution is 2.39. The van der Waals surface area contributed by atoms with Gasteiger partial charge in [0.1, 0.15) is 0 Å². The van der Waals surface area contributed by atoms with Crippen LogP contribution in [0.3, 0.4) is 0 Å². The number of likely N-dealkylation sites (tertiary alicyclic amines) is 1. The minimum atomic E-state index is -0.707. The third-order valence-electron chi connectivity index (χ3n) is 4.74. The number of carboxylic acids is 1. The van der Waals surface area contributed by atoms with Crippen LogP contribution in [0.4, 0.5) is 0 Å². The number of aliphatic carboxylic acids is 1. The molecule has 1 fully saturated rings. The minimum absolute atomic E-state index is 0. The highest BCUT2D eigenvalue weighted by Gasteiger charge is 2.47. The molecular formula is C19H22ClNO2. The Bertz CT molecular complexity index is 647. The number of nitrogens with zero attached hydrogens (tertiary/aromatic N) is 1. The van der Waals surface area contributed by atoms with E-state index in [1.807, 2.05) is 48.5 Å². The summed E-state index contributed by atoms with van der Waals surface area (Å²) in [4.78, 5) is 14.0. The average Bonchev–Trinajstić information content (AvgIpc) is 2.87. The molecule has 2 aromatic rings. The summed E-state index contributed by atoms with van der Waals surface area (Å²) in [6.07, 6.45) is 0. The summed E-state index contributed by atoms with van der Waals surface area (Å²) < 4.78 is 0. The maximum Gasteiger partial charge on any atom is 0.308 e. The first-order valence-corrected chi connectivity index (χ1v) is 7.64. The Hall–Kier alpha value is -1.84. The number of carboxylic acid groups (broad SMARTS) is 1. The van der Waals surface area contributed by atoms with Crippen LogP contribution in [0.25, 0.3) is 0 Å².